The molecule has 0 aliphatic heterocycles. The molecule has 144 valence electrons. The molecular formula is C25H44. The van der Waals surface area contributed by atoms with Gasteiger partial charge in [-0.3, -0.25) is 0 Å². The Morgan fingerprint density at radius 1 is 0.560 bits per heavy atom. The van der Waals surface area contributed by atoms with Gasteiger partial charge in [0.05, 0.1) is 0 Å². The second-order valence-electron chi connectivity index (χ2n) is 8.12. The molecule has 0 saturated carbocycles. The molecule has 0 heterocycles. The molecule has 0 amide bonds. The maximum Gasteiger partial charge on any atom is -0.0273 e. The summed E-state index contributed by atoms with van der Waals surface area (Å²) < 4.78 is 0. The minimum atomic E-state index is 1.29. The molecule has 0 saturated heterocycles. The highest BCUT2D eigenvalue weighted by molar-refractivity contribution is 5.44. The summed E-state index contributed by atoms with van der Waals surface area (Å²) in [5.74, 6) is 0. The summed E-state index contributed by atoms with van der Waals surface area (Å²) in [5, 5.41) is 0. The van der Waals surface area contributed by atoms with Crippen molar-refractivity contribution in [2.24, 2.45) is 0 Å². The minimum absolute atomic E-state index is 1.29. The highest BCUT2D eigenvalue weighted by Gasteiger charge is 2.10. The van der Waals surface area contributed by atoms with Crippen LogP contribution < -0.4 is 0 Å². The van der Waals surface area contributed by atoms with Crippen molar-refractivity contribution in [3.8, 4) is 0 Å². The third-order valence-electron chi connectivity index (χ3n) is 5.97. The first-order valence-electron chi connectivity index (χ1n) is 11.2. The van der Waals surface area contributed by atoms with Crippen LogP contribution in [0.2, 0.25) is 0 Å². The number of aryl methyl sites for hydroxylation is 2. The Bertz CT molecular complexity index is 469. The first-order valence-corrected chi connectivity index (χ1v) is 11.2. The molecule has 25 heavy (non-hydrogen) atoms. The van der Waals surface area contributed by atoms with Crippen molar-refractivity contribution in [3.05, 3.63) is 33.9 Å². The van der Waals surface area contributed by atoms with Crippen LogP contribution >= 0.6 is 0 Å². The zero-order valence-corrected chi connectivity index (χ0v) is 18.0. The summed E-state index contributed by atoms with van der Waals surface area (Å²) in [5.41, 5.74) is 7.93. The molecule has 0 unspecified atom stereocenters. The van der Waals surface area contributed by atoms with Crippen LogP contribution in [0.5, 0.6) is 0 Å². The van der Waals surface area contributed by atoms with Gasteiger partial charge in [0, 0.05) is 0 Å². The molecule has 0 heteroatoms. The Hall–Kier alpha value is -0.780. The van der Waals surface area contributed by atoms with E-state index in [9.17, 15) is 0 Å². The lowest BCUT2D eigenvalue weighted by Gasteiger charge is -2.17. The Kier molecular flexibility index (Phi) is 12.0. The standard InChI is InChI=1S/C25H44/c1-6-8-10-12-14-16-18-24-20-21(3)22(4)23(5)25(24)19-17-15-13-11-9-7-2/h20H,6-19H2,1-5H3. The van der Waals surface area contributed by atoms with Gasteiger partial charge >= 0.3 is 0 Å². The lowest BCUT2D eigenvalue weighted by Crippen LogP contribution is -2.03. The van der Waals surface area contributed by atoms with E-state index >= 15 is 0 Å². The van der Waals surface area contributed by atoms with E-state index in [1.165, 1.54) is 101 Å². The molecule has 0 radical (unpaired) electrons. The molecule has 1 aromatic carbocycles. The molecule has 0 nitrogen and oxygen atoms in total. The zero-order chi connectivity index (χ0) is 18.5. The largest absolute Gasteiger partial charge is 0.0654 e. The van der Waals surface area contributed by atoms with Crippen molar-refractivity contribution in [3.63, 3.8) is 0 Å². The van der Waals surface area contributed by atoms with Crippen LogP contribution in [-0.4, -0.2) is 0 Å². The Morgan fingerprint density at radius 2 is 1.04 bits per heavy atom. The van der Waals surface area contributed by atoms with Gasteiger partial charge in [0.15, 0.2) is 0 Å². The predicted molar refractivity (Wildman–Crippen MR) is 115 cm³/mol. The first-order chi connectivity index (χ1) is 12.1. The minimum Gasteiger partial charge on any atom is -0.0654 e. The van der Waals surface area contributed by atoms with Gasteiger partial charge < -0.3 is 0 Å². The Balaban J connectivity index is 2.56. The summed E-state index contributed by atoms with van der Waals surface area (Å²) in [6.45, 7) is 11.6. The van der Waals surface area contributed by atoms with Gasteiger partial charge in [-0.1, -0.05) is 84.1 Å². The molecule has 0 fully saturated rings. The Morgan fingerprint density at radius 3 is 1.60 bits per heavy atom. The van der Waals surface area contributed by atoms with Crippen LogP contribution in [0.25, 0.3) is 0 Å². The summed E-state index contributed by atoms with van der Waals surface area (Å²) in [4.78, 5) is 0. The second kappa shape index (κ2) is 13.4. The van der Waals surface area contributed by atoms with Gasteiger partial charge in [0.1, 0.15) is 0 Å². The number of hydrogen-bond donors (Lipinski definition) is 0. The smallest absolute Gasteiger partial charge is 0.0273 e. The summed E-state index contributed by atoms with van der Waals surface area (Å²) >= 11 is 0. The molecule has 0 aliphatic carbocycles. The van der Waals surface area contributed by atoms with Crippen LogP contribution in [0.3, 0.4) is 0 Å². The highest BCUT2D eigenvalue weighted by Crippen LogP contribution is 2.26. The summed E-state index contributed by atoms with van der Waals surface area (Å²) in [7, 11) is 0. The van der Waals surface area contributed by atoms with Crippen molar-refractivity contribution in [2.75, 3.05) is 0 Å². The molecule has 0 N–H and O–H groups in total. The normalized spacial score (nSPS) is 11.2. The van der Waals surface area contributed by atoms with Crippen molar-refractivity contribution in [1.29, 1.82) is 0 Å². The van der Waals surface area contributed by atoms with E-state index in [-0.39, 0.29) is 0 Å². The predicted octanol–water partition coefficient (Wildman–Crippen LogP) is 8.42. The van der Waals surface area contributed by atoms with Crippen LogP contribution in [-0.2, 0) is 12.8 Å². The van der Waals surface area contributed by atoms with Gasteiger partial charge in [-0.25, -0.2) is 0 Å². The lowest BCUT2D eigenvalue weighted by atomic mass is 9.88. The third kappa shape index (κ3) is 8.43. The molecule has 0 aliphatic rings. The second-order valence-corrected chi connectivity index (χ2v) is 8.12. The third-order valence-corrected chi connectivity index (χ3v) is 5.97. The highest BCUT2D eigenvalue weighted by atomic mass is 14.2. The molecule has 1 aromatic rings. The SMILES string of the molecule is CCCCCCCCc1cc(C)c(C)c(C)c1CCCCCCCC. The van der Waals surface area contributed by atoms with Gasteiger partial charge in [0.2, 0.25) is 0 Å². The first kappa shape index (κ1) is 22.3. The summed E-state index contributed by atoms with van der Waals surface area (Å²) in [6.07, 6.45) is 19.3. The van der Waals surface area contributed by atoms with E-state index in [0.29, 0.717) is 0 Å². The molecular weight excluding hydrogens is 300 g/mol. The maximum atomic E-state index is 2.50. The fourth-order valence-electron chi connectivity index (χ4n) is 3.97. The van der Waals surface area contributed by atoms with E-state index in [4.69, 9.17) is 0 Å². The van der Waals surface area contributed by atoms with E-state index < -0.39 is 0 Å². The van der Waals surface area contributed by atoms with Crippen LogP contribution in [0.4, 0.5) is 0 Å². The van der Waals surface area contributed by atoms with E-state index in [0.717, 1.165) is 0 Å². The van der Waals surface area contributed by atoms with Gasteiger partial charge in [-0.05, 0) is 74.3 Å². The lowest BCUT2D eigenvalue weighted by molar-refractivity contribution is 0.598. The summed E-state index contributed by atoms with van der Waals surface area (Å²) in [6, 6.07) is 2.50. The number of hydrogen-bond acceptors (Lipinski definition) is 0. The van der Waals surface area contributed by atoms with Crippen molar-refractivity contribution >= 4 is 0 Å². The number of rotatable bonds is 14. The fourth-order valence-corrected chi connectivity index (χ4v) is 3.97. The fraction of sp³-hybridized carbons (Fsp3) is 0.760. The van der Waals surface area contributed by atoms with Crippen LogP contribution in [0.1, 0.15) is 119 Å². The van der Waals surface area contributed by atoms with Crippen molar-refractivity contribution in [1.82, 2.24) is 0 Å². The van der Waals surface area contributed by atoms with Crippen LogP contribution in [0, 0.1) is 20.8 Å². The topological polar surface area (TPSA) is 0 Å². The van der Waals surface area contributed by atoms with E-state index in [1.54, 1.807) is 16.7 Å². The van der Waals surface area contributed by atoms with Crippen molar-refractivity contribution in [2.45, 2.75) is 125 Å². The Labute approximate surface area is 158 Å². The van der Waals surface area contributed by atoms with E-state index in [1.807, 2.05) is 0 Å². The molecule has 0 atom stereocenters. The van der Waals surface area contributed by atoms with Gasteiger partial charge in [-0.15, -0.1) is 0 Å². The molecule has 1 rings (SSSR count). The number of unbranched alkanes of at least 4 members (excludes halogenated alkanes) is 10. The monoisotopic (exact) mass is 344 g/mol. The maximum absolute atomic E-state index is 2.50. The average molecular weight is 345 g/mol. The van der Waals surface area contributed by atoms with Gasteiger partial charge in [-0.2, -0.15) is 0 Å². The number of benzene rings is 1. The molecule has 0 aromatic heterocycles. The van der Waals surface area contributed by atoms with Crippen molar-refractivity contribution < 1.29 is 0 Å². The van der Waals surface area contributed by atoms with Crippen LogP contribution in [0.15, 0.2) is 6.07 Å². The molecule has 0 bridgehead atoms. The quantitative estimate of drug-likeness (QED) is 0.297. The zero-order valence-electron chi connectivity index (χ0n) is 18.0. The van der Waals surface area contributed by atoms with Gasteiger partial charge in [0.25, 0.3) is 0 Å². The average Bonchev–Trinajstić information content (AvgIpc) is 2.61. The molecule has 0 spiro atoms. The van der Waals surface area contributed by atoms with E-state index in [2.05, 4.69) is 40.7 Å².